The van der Waals surface area contributed by atoms with Crippen molar-refractivity contribution in [3.63, 3.8) is 0 Å². The summed E-state index contributed by atoms with van der Waals surface area (Å²) in [6, 6.07) is 17.2. The van der Waals surface area contributed by atoms with E-state index in [1.165, 1.54) is 0 Å². The summed E-state index contributed by atoms with van der Waals surface area (Å²) in [6.07, 6.45) is 0.844. The lowest BCUT2D eigenvalue weighted by Gasteiger charge is -2.23. The van der Waals surface area contributed by atoms with Gasteiger partial charge in [-0.25, -0.2) is 0 Å². The third-order valence-corrected chi connectivity index (χ3v) is 3.80. The molecule has 0 saturated heterocycles. The lowest BCUT2D eigenvalue weighted by atomic mass is 10.2. The molecule has 3 aromatic rings. The van der Waals surface area contributed by atoms with E-state index < -0.39 is 6.10 Å². The number of benzene rings is 1. The first-order chi connectivity index (χ1) is 11.7. The molecule has 0 spiro atoms. The molecule has 0 radical (unpaired) electrons. The molecular formula is C19H21NO4. The highest BCUT2D eigenvalue weighted by molar-refractivity contribution is 5.15. The van der Waals surface area contributed by atoms with Gasteiger partial charge in [-0.2, -0.15) is 0 Å². The highest BCUT2D eigenvalue weighted by atomic mass is 16.4. The standard InChI is InChI=1S/C19H21NO4/c21-14-17-9-8-16(24-17)12-20(11-15-5-2-1-3-6-15)13-18(22)19-7-4-10-23-19/h1-10,18,21-22H,11-14H2. The van der Waals surface area contributed by atoms with Crippen LogP contribution in [0.4, 0.5) is 0 Å². The molecule has 0 aliphatic rings. The molecule has 24 heavy (non-hydrogen) atoms. The van der Waals surface area contributed by atoms with E-state index in [-0.39, 0.29) is 6.61 Å². The Morgan fingerprint density at radius 1 is 0.917 bits per heavy atom. The van der Waals surface area contributed by atoms with Crippen LogP contribution in [-0.4, -0.2) is 21.7 Å². The fourth-order valence-electron chi connectivity index (χ4n) is 2.65. The van der Waals surface area contributed by atoms with Crippen LogP contribution in [0.5, 0.6) is 0 Å². The summed E-state index contributed by atoms with van der Waals surface area (Å²) in [5.41, 5.74) is 1.15. The molecular weight excluding hydrogens is 306 g/mol. The Morgan fingerprint density at radius 2 is 1.71 bits per heavy atom. The first kappa shape index (κ1) is 16.5. The lowest BCUT2D eigenvalue weighted by Crippen LogP contribution is -2.27. The minimum atomic E-state index is -0.712. The molecule has 5 nitrogen and oxygen atoms in total. The molecule has 5 heteroatoms. The van der Waals surface area contributed by atoms with Crippen LogP contribution < -0.4 is 0 Å². The van der Waals surface area contributed by atoms with Crippen molar-refractivity contribution in [2.24, 2.45) is 0 Å². The van der Waals surface area contributed by atoms with Gasteiger partial charge in [0.15, 0.2) is 0 Å². The van der Waals surface area contributed by atoms with E-state index in [4.69, 9.17) is 13.9 Å². The minimum absolute atomic E-state index is 0.117. The van der Waals surface area contributed by atoms with Crippen molar-refractivity contribution in [3.05, 3.63) is 83.7 Å². The zero-order chi connectivity index (χ0) is 16.8. The Morgan fingerprint density at radius 3 is 2.38 bits per heavy atom. The van der Waals surface area contributed by atoms with Gasteiger partial charge >= 0.3 is 0 Å². The topological polar surface area (TPSA) is 70.0 Å². The van der Waals surface area contributed by atoms with Gasteiger partial charge in [0.25, 0.3) is 0 Å². The van der Waals surface area contributed by atoms with Crippen molar-refractivity contribution in [2.45, 2.75) is 25.8 Å². The van der Waals surface area contributed by atoms with Crippen molar-refractivity contribution < 1.29 is 19.0 Å². The predicted molar refractivity (Wildman–Crippen MR) is 88.9 cm³/mol. The monoisotopic (exact) mass is 327 g/mol. The maximum Gasteiger partial charge on any atom is 0.133 e. The molecule has 0 aliphatic carbocycles. The van der Waals surface area contributed by atoms with E-state index in [9.17, 15) is 5.11 Å². The number of nitrogens with zero attached hydrogens (tertiary/aromatic N) is 1. The van der Waals surface area contributed by atoms with Crippen LogP contribution in [0.15, 0.2) is 69.7 Å². The van der Waals surface area contributed by atoms with Crippen LogP contribution in [0.2, 0.25) is 0 Å². The molecule has 0 saturated carbocycles. The number of aliphatic hydroxyl groups excluding tert-OH is 2. The Kier molecular flexibility index (Phi) is 5.48. The molecule has 0 aliphatic heterocycles. The van der Waals surface area contributed by atoms with Crippen LogP contribution in [0.25, 0.3) is 0 Å². The molecule has 0 bridgehead atoms. The SMILES string of the molecule is OCc1ccc(CN(Cc2ccccc2)CC(O)c2ccco2)o1. The van der Waals surface area contributed by atoms with Crippen molar-refractivity contribution in [2.75, 3.05) is 6.54 Å². The normalized spacial score (nSPS) is 12.6. The summed E-state index contributed by atoms with van der Waals surface area (Å²) < 4.78 is 10.9. The van der Waals surface area contributed by atoms with Gasteiger partial charge in [0, 0.05) is 13.1 Å². The fraction of sp³-hybridized carbons (Fsp3) is 0.263. The van der Waals surface area contributed by atoms with Crippen molar-refractivity contribution >= 4 is 0 Å². The van der Waals surface area contributed by atoms with Crippen LogP contribution in [0.1, 0.15) is 28.9 Å². The van der Waals surface area contributed by atoms with Crippen LogP contribution >= 0.6 is 0 Å². The third kappa shape index (κ3) is 4.35. The van der Waals surface area contributed by atoms with Crippen molar-refractivity contribution in [1.29, 1.82) is 0 Å². The van der Waals surface area contributed by atoms with Crippen LogP contribution in [0.3, 0.4) is 0 Å². The summed E-state index contributed by atoms with van der Waals surface area (Å²) >= 11 is 0. The summed E-state index contributed by atoms with van der Waals surface area (Å²) in [4.78, 5) is 2.09. The second-order valence-corrected chi connectivity index (χ2v) is 5.71. The molecule has 0 amide bonds. The molecule has 2 N–H and O–H groups in total. The minimum Gasteiger partial charge on any atom is -0.467 e. The van der Waals surface area contributed by atoms with E-state index in [2.05, 4.69) is 4.90 Å². The van der Waals surface area contributed by atoms with E-state index >= 15 is 0 Å². The molecule has 2 heterocycles. The predicted octanol–water partition coefficient (Wildman–Crippen LogP) is 3.10. The molecule has 2 aromatic heterocycles. The molecule has 3 rings (SSSR count). The summed E-state index contributed by atoms with van der Waals surface area (Å²) in [6.45, 7) is 1.51. The average Bonchev–Trinajstić information content (AvgIpc) is 3.27. The Hall–Kier alpha value is -2.34. The van der Waals surface area contributed by atoms with Gasteiger partial charge < -0.3 is 19.0 Å². The van der Waals surface area contributed by atoms with Gasteiger partial charge in [0.1, 0.15) is 30.0 Å². The quantitative estimate of drug-likeness (QED) is 0.665. The van der Waals surface area contributed by atoms with Gasteiger partial charge in [0.2, 0.25) is 0 Å². The van der Waals surface area contributed by atoms with Gasteiger partial charge in [0.05, 0.1) is 12.8 Å². The first-order valence-corrected chi connectivity index (χ1v) is 7.91. The lowest BCUT2D eigenvalue weighted by molar-refractivity contribution is 0.0832. The largest absolute Gasteiger partial charge is 0.467 e. The summed E-state index contributed by atoms with van der Waals surface area (Å²) in [5.74, 6) is 1.83. The summed E-state index contributed by atoms with van der Waals surface area (Å²) in [5, 5.41) is 19.5. The van der Waals surface area contributed by atoms with Gasteiger partial charge in [-0.1, -0.05) is 30.3 Å². The summed E-state index contributed by atoms with van der Waals surface area (Å²) in [7, 11) is 0. The van der Waals surface area contributed by atoms with E-state index in [0.717, 1.165) is 11.3 Å². The number of furan rings is 2. The Bertz CT molecular complexity index is 721. The zero-order valence-corrected chi connectivity index (χ0v) is 13.3. The van der Waals surface area contributed by atoms with Crippen LogP contribution in [0, 0.1) is 0 Å². The third-order valence-electron chi connectivity index (χ3n) is 3.80. The fourth-order valence-corrected chi connectivity index (χ4v) is 2.65. The van der Waals surface area contributed by atoms with E-state index in [1.807, 2.05) is 36.4 Å². The highest BCUT2D eigenvalue weighted by Gasteiger charge is 2.17. The second kappa shape index (κ2) is 7.97. The second-order valence-electron chi connectivity index (χ2n) is 5.71. The van der Waals surface area contributed by atoms with E-state index in [1.54, 1.807) is 24.5 Å². The number of hydrogen-bond donors (Lipinski definition) is 2. The highest BCUT2D eigenvalue weighted by Crippen LogP contribution is 2.19. The van der Waals surface area contributed by atoms with Gasteiger partial charge in [-0.15, -0.1) is 0 Å². The number of hydrogen-bond acceptors (Lipinski definition) is 5. The van der Waals surface area contributed by atoms with E-state index in [0.29, 0.717) is 31.2 Å². The van der Waals surface area contributed by atoms with Crippen molar-refractivity contribution in [3.8, 4) is 0 Å². The first-order valence-electron chi connectivity index (χ1n) is 7.91. The van der Waals surface area contributed by atoms with Crippen LogP contribution in [-0.2, 0) is 19.7 Å². The Labute approximate surface area is 140 Å². The number of rotatable bonds is 8. The Balaban J connectivity index is 1.72. The van der Waals surface area contributed by atoms with Crippen molar-refractivity contribution in [1.82, 2.24) is 4.90 Å². The smallest absolute Gasteiger partial charge is 0.133 e. The van der Waals surface area contributed by atoms with Gasteiger partial charge in [-0.05, 0) is 29.8 Å². The molecule has 1 atom stereocenters. The molecule has 0 fully saturated rings. The molecule has 1 aromatic carbocycles. The maximum absolute atomic E-state index is 10.4. The zero-order valence-electron chi connectivity index (χ0n) is 13.3. The number of aliphatic hydroxyl groups is 2. The maximum atomic E-state index is 10.4. The average molecular weight is 327 g/mol. The van der Waals surface area contributed by atoms with Gasteiger partial charge in [-0.3, -0.25) is 4.90 Å². The molecule has 126 valence electrons. The molecule has 1 unspecified atom stereocenters.